The zero-order valence-corrected chi connectivity index (χ0v) is 11.5. The van der Waals surface area contributed by atoms with Gasteiger partial charge in [0.15, 0.2) is 5.84 Å². The number of nitrogens with two attached hydrogens (primary N) is 1. The number of carbonyl (C=O) groups is 1. The summed E-state index contributed by atoms with van der Waals surface area (Å²) in [7, 11) is 0. The maximum atomic E-state index is 11.8. The van der Waals surface area contributed by atoms with E-state index in [0.29, 0.717) is 26.1 Å². The number of hydrogen-bond acceptors (Lipinski definition) is 4. The predicted molar refractivity (Wildman–Crippen MR) is 70.6 cm³/mol. The number of ether oxygens (including phenoxy) is 1. The number of nitrogens with one attached hydrogen (secondary N) is 1. The third-order valence-electron chi connectivity index (χ3n) is 3.01. The second-order valence-corrected chi connectivity index (χ2v) is 4.19. The normalized spacial score (nSPS) is 12.5. The van der Waals surface area contributed by atoms with Crippen LogP contribution in [0, 0.1) is 0 Å². The van der Waals surface area contributed by atoms with Gasteiger partial charge in [0, 0.05) is 13.0 Å². The molecule has 0 fully saturated rings. The monoisotopic (exact) mass is 259 g/mol. The predicted octanol–water partition coefficient (Wildman–Crippen LogP) is 1.22. The second kappa shape index (κ2) is 8.74. The number of hydrogen-bond donors (Lipinski definition) is 3. The van der Waals surface area contributed by atoms with E-state index in [2.05, 4.69) is 10.5 Å². The van der Waals surface area contributed by atoms with Gasteiger partial charge in [0.05, 0.1) is 6.61 Å². The van der Waals surface area contributed by atoms with E-state index in [1.807, 2.05) is 20.8 Å². The van der Waals surface area contributed by atoms with E-state index in [-0.39, 0.29) is 18.2 Å². The van der Waals surface area contributed by atoms with Crippen molar-refractivity contribution >= 4 is 11.7 Å². The lowest BCUT2D eigenvalue weighted by atomic mass is 9.91. The quantitative estimate of drug-likeness (QED) is 0.191. The van der Waals surface area contributed by atoms with Crippen LogP contribution >= 0.6 is 0 Å². The van der Waals surface area contributed by atoms with Crippen LogP contribution < -0.4 is 11.1 Å². The molecule has 1 amide bonds. The molecule has 0 aliphatic heterocycles. The molecule has 6 heteroatoms. The summed E-state index contributed by atoms with van der Waals surface area (Å²) < 4.78 is 5.25. The van der Waals surface area contributed by atoms with Crippen LogP contribution in [0.2, 0.25) is 0 Å². The smallest absolute Gasteiger partial charge is 0.223 e. The van der Waals surface area contributed by atoms with Crippen LogP contribution in [0.4, 0.5) is 0 Å². The molecular formula is C12H25N3O3. The highest BCUT2D eigenvalue weighted by molar-refractivity contribution is 5.93. The molecule has 0 saturated carbocycles. The number of amides is 1. The van der Waals surface area contributed by atoms with Crippen LogP contribution in [0.25, 0.3) is 0 Å². The molecule has 0 atom stereocenters. The van der Waals surface area contributed by atoms with Crippen LogP contribution in [0.3, 0.4) is 0 Å². The summed E-state index contributed by atoms with van der Waals surface area (Å²) >= 11 is 0. The van der Waals surface area contributed by atoms with E-state index in [1.54, 1.807) is 0 Å². The average Bonchev–Trinajstić information content (AvgIpc) is 2.40. The Labute approximate surface area is 109 Å². The standard InChI is InChI=1S/C12H25N3O3/c1-4-8-18-9-7-10(16)14-12(5-2,6-3)11(13)15-17/h17H,4-9H2,1-3H3,(H2,13,15)(H,14,16). The summed E-state index contributed by atoms with van der Waals surface area (Å²) in [6.07, 6.45) is 2.35. The van der Waals surface area contributed by atoms with Gasteiger partial charge >= 0.3 is 0 Å². The average molecular weight is 259 g/mol. The highest BCUT2D eigenvalue weighted by atomic mass is 16.5. The number of carbonyl (C=O) groups excluding carboxylic acids is 1. The zero-order chi connectivity index (χ0) is 14.0. The largest absolute Gasteiger partial charge is 0.409 e. The number of oxime groups is 1. The zero-order valence-electron chi connectivity index (χ0n) is 11.5. The fraction of sp³-hybridized carbons (Fsp3) is 0.833. The fourth-order valence-corrected chi connectivity index (χ4v) is 1.69. The van der Waals surface area contributed by atoms with E-state index in [4.69, 9.17) is 15.7 Å². The Balaban J connectivity index is 4.37. The molecule has 0 aromatic rings. The van der Waals surface area contributed by atoms with Gasteiger partial charge in [-0.25, -0.2) is 0 Å². The second-order valence-electron chi connectivity index (χ2n) is 4.19. The molecule has 0 bridgehead atoms. The summed E-state index contributed by atoms with van der Waals surface area (Å²) in [6.45, 7) is 6.82. The Hall–Kier alpha value is -1.30. The molecule has 0 aromatic carbocycles. The molecule has 4 N–H and O–H groups in total. The molecule has 0 heterocycles. The molecule has 0 unspecified atom stereocenters. The van der Waals surface area contributed by atoms with Gasteiger partial charge in [-0.2, -0.15) is 0 Å². The molecule has 0 spiro atoms. The van der Waals surface area contributed by atoms with Crippen LogP contribution in [-0.4, -0.2) is 35.7 Å². The maximum absolute atomic E-state index is 11.8. The topological polar surface area (TPSA) is 96.9 Å². The first kappa shape index (κ1) is 16.7. The number of nitrogens with zero attached hydrogens (tertiary/aromatic N) is 1. The summed E-state index contributed by atoms with van der Waals surface area (Å²) in [4.78, 5) is 11.8. The molecule has 6 nitrogen and oxygen atoms in total. The van der Waals surface area contributed by atoms with E-state index >= 15 is 0 Å². The number of rotatable bonds is 9. The summed E-state index contributed by atoms with van der Waals surface area (Å²) in [5.74, 6) is -0.114. The van der Waals surface area contributed by atoms with Crippen molar-refractivity contribution in [3.63, 3.8) is 0 Å². The van der Waals surface area contributed by atoms with Crippen molar-refractivity contribution in [2.24, 2.45) is 10.9 Å². The van der Waals surface area contributed by atoms with E-state index in [0.717, 1.165) is 6.42 Å². The van der Waals surface area contributed by atoms with Gasteiger partial charge in [0.25, 0.3) is 0 Å². The van der Waals surface area contributed by atoms with Gasteiger partial charge in [0.2, 0.25) is 5.91 Å². The minimum atomic E-state index is -0.767. The maximum Gasteiger partial charge on any atom is 0.223 e. The van der Waals surface area contributed by atoms with E-state index < -0.39 is 5.54 Å². The Kier molecular flexibility index (Phi) is 8.11. The molecule has 0 rings (SSSR count). The van der Waals surface area contributed by atoms with Gasteiger partial charge in [-0.1, -0.05) is 25.9 Å². The van der Waals surface area contributed by atoms with E-state index in [1.165, 1.54) is 0 Å². The van der Waals surface area contributed by atoms with Crippen LogP contribution in [0.5, 0.6) is 0 Å². The third kappa shape index (κ3) is 4.91. The molecular weight excluding hydrogens is 234 g/mol. The Morgan fingerprint density at radius 1 is 1.33 bits per heavy atom. The SMILES string of the molecule is CCCOCCC(=O)NC(CC)(CC)C(N)=NO. The summed E-state index contributed by atoms with van der Waals surface area (Å²) in [5, 5.41) is 14.6. The van der Waals surface area contributed by atoms with Gasteiger partial charge < -0.3 is 21.0 Å². The van der Waals surface area contributed by atoms with Crippen molar-refractivity contribution < 1.29 is 14.7 Å². The Bertz CT molecular complexity index is 276. The number of amidine groups is 1. The van der Waals surface area contributed by atoms with Crippen LogP contribution in [0.15, 0.2) is 5.16 Å². The van der Waals surface area contributed by atoms with Crippen LogP contribution in [0.1, 0.15) is 46.5 Å². The Morgan fingerprint density at radius 2 is 1.94 bits per heavy atom. The lowest BCUT2D eigenvalue weighted by molar-refractivity contribution is -0.123. The lowest BCUT2D eigenvalue weighted by Crippen LogP contribution is -2.57. The molecule has 0 radical (unpaired) electrons. The molecule has 0 aliphatic carbocycles. The van der Waals surface area contributed by atoms with Crippen molar-refractivity contribution in [1.29, 1.82) is 0 Å². The minimum Gasteiger partial charge on any atom is -0.409 e. The van der Waals surface area contributed by atoms with Gasteiger partial charge in [0.1, 0.15) is 5.54 Å². The van der Waals surface area contributed by atoms with Gasteiger partial charge in [-0.05, 0) is 19.3 Å². The molecule has 106 valence electrons. The third-order valence-corrected chi connectivity index (χ3v) is 3.01. The molecule has 0 saturated heterocycles. The summed E-state index contributed by atoms with van der Waals surface area (Å²) in [6, 6.07) is 0. The highest BCUT2D eigenvalue weighted by Crippen LogP contribution is 2.15. The Morgan fingerprint density at radius 3 is 2.39 bits per heavy atom. The van der Waals surface area contributed by atoms with Gasteiger partial charge in [-0.15, -0.1) is 0 Å². The lowest BCUT2D eigenvalue weighted by Gasteiger charge is -2.31. The minimum absolute atomic E-state index is 0.0373. The van der Waals surface area contributed by atoms with Gasteiger partial charge in [-0.3, -0.25) is 4.79 Å². The molecule has 0 aromatic heterocycles. The van der Waals surface area contributed by atoms with Crippen molar-refractivity contribution in [1.82, 2.24) is 5.32 Å². The van der Waals surface area contributed by atoms with Crippen molar-refractivity contribution in [2.45, 2.75) is 52.0 Å². The first-order chi connectivity index (χ1) is 8.56. The fourth-order valence-electron chi connectivity index (χ4n) is 1.69. The molecule has 0 aliphatic rings. The molecule has 18 heavy (non-hydrogen) atoms. The van der Waals surface area contributed by atoms with Crippen molar-refractivity contribution in [2.75, 3.05) is 13.2 Å². The van der Waals surface area contributed by atoms with Crippen molar-refractivity contribution in [3.05, 3.63) is 0 Å². The first-order valence-corrected chi connectivity index (χ1v) is 6.43. The first-order valence-electron chi connectivity index (χ1n) is 6.43. The highest BCUT2D eigenvalue weighted by Gasteiger charge is 2.32. The summed E-state index contributed by atoms with van der Waals surface area (Å²) in [5.41, 5.74) is 4.88. The van der Waals surface area contributed by atoms with E-state index in [9.17, 15) is 4.79 Å². The van der Waals surface area contributed by atoms with Crippen LogP contribution in [-0.2, 0) is 9.53 Å². The van der Waals surface area contributed by atoms with Crippen molar-refractivity contribution in [3.8, 4) is 0 Å².